The highest BCUT2D eigenvalue weighted by Gasteiger charge is 2.14. The first kappa shape index (κ1) is 12.2. The van der Waals surface area contributed by atoms with Crippen molar-refractivity contribution in [3.05, 3.63) is 55.0 Å². The summed E-state index contributed by atoms with van der Waals surface area (Å²) in [4.78, 5) is 12.6. The molecule has 0 aliphatic heterocycles. The number of anilines is 1. The number of imidazole rings is 1. The van der Waals surface area contributed by atoms with Gasteiger partial charge in [0.05, 0.1) is 11.9 Å². The second kappa shape index (κ2) is 4.30. The Labute approximate surface area is 130 Å². The maximum atomic E-state index is 6.06. The van der Waals surface area contributed by atoms with Gasteiger partial charge in [-0.2, -0.15) is 4.98 Å². The second-order valence-electron chi connectivity index (χ2n) is 5.30. The fourth-order valence-electron chi connectivity index (χ4n) is 2.92. The average Bonchev–Trinajstić information content (AvgIpc) is 3.15. The minimum Gasteiger partial charge on any atom is -0.454 e. The molecule has 5 aromatic rings. The molecule has 0 saturated heterocycles. The molecule has 3 aromatic heterocycles. The Balaban J connectivity index is 1.90. The van der Waals surface area contributed by atoms with E-state index in [9.17, 15) is 0 Å². The summed E-state index contributed by atoms with van der Waals surface area (Å²) in [5, 5.41) is 2.14. The van der Waals surface area contributed by atoms with E-state index in [2.05, 4.69) is 21.0 Å². The van der Waals surface area contributed by atoms with Crippen molar-refractivity contribution in [1.29, 1.82) is 0 Å². The molecule has 0 saturated carbocycles. The zero-order chi connectivity index (χ0) is 15.4. The number of fused-ring (bicyclic) bond motifs is 4. The van der Waals surface area contributed by atoms with E-state index in [0.717, 1.165) is 27.6 Å². The molecule has 0 radical (unpaired) electrons. The van der Waals surface area contributed by atoms with Crippen LogP contribution in [-0.4, -0.2) is 19.5 Å². The molecule has 0 amide bonds. The lowest BCUT2D eigenvalue weighted by atomic mass is 10.1. The predicted octanol–water partition coefficient (Wildman–Crippen LogP) is 3.30. The SMILES string of the molecule is Nc1ncc2ncn(-c3cccc4c3oc3ccccc34)c2n1. The van der Waals surface area contributed by atoms with Crippen molar-refractivity contribution in [3.63, 3.8) is 0 Å². The smallest absolute Gasteiger partial charge is 0.222 e. The van der Waals surface area contributed by atoms with E-state index in [-0.39, 0.29) is 5.95 Å². The van der Waals surface area contributed by atoms with Crippen LogP contribution >= 0.6 is 0 Å². The van der Waals surface area contributed by atoms with Gasteiger partial charge in [0.2, 0.25) is 5.95 Å². The van der Waals surface area contributed by atoms with E-state index in [0.29, 0.717) is 11.2 Å². The Bertz CT molecular complexity index is 1190. The maximum Gasteiger partial charge on any atom is 0.222 e. The van der Waals surface area contributed by atoms with Gasteiger partial charge in [0.1, 0.15) is 17.4 Å². The van der Waals surface area contributed by atoms with Gasteiger partial charge in [-0.05, 0) is 12.1 Å². The average molecular weight is 301 g/mol. The summed E-state index contributed by atoms with van der Waals surface area (Å²) in [5.41, 5.74) is 9.59. The van der Waals surface area contributed by atoms with Crippen LogP contribution in [0, 0.1) is 0 Å². The maximum absolute atomic E-state index is 6.06. The molecule has 0 unspecified atom stereocenters. The second-order valence-corrected chi connectivity index (χ2v) is 5.30. The summed E-state index contributed by atoms with van der Waals surface area (Å²) in [7, 11) is 0. The molecular weight excluding hydrogens is 290 g/mol. The van der Waals surface area contributed by atoms with Crippen molar-refractivity contribution in [1.82, 2.24) is 19.5 Å². The number of nitrogen functional groups attached to an aromatic ring is 1. The van der Waals surface area contributed by atoms with Gasteiger partial charge in [-0.15, -0.1) is 0 Å². The van der Waals surface area contributed by atoms with E-state index >= 15 is 0 Å². The standard InChI is InChI=1S/C17H11N5O/c18-17-19-8-12-16(21-17)22(9-20-12)13-6-3-5-11-10-4-1-2-7-14(10)23-15(11)13/h1-9H,(H2,18,19,21). The van der Waals surface area contributed by atoms with E-state index in [4.69, 9.17) is 10.2 Å². The van der Waals surface area contributed by atoms with Gasteiger partial charge in [-0.25, -0.2) is 9.97 Å². The van der Waals surface area contributed by atoms with Gasteiger partial charge >= 0.3 is 0 Å². The molecule has 5 rings (SSSR count). The van der Waals surface area contributed by atoms with Gasteiger partial charge in [-0.3, -0.25) is 4.57 Å². The zero-order valence-electron chi connectivity index (χ0n) is 12.0. The van der Waals surface area contributed by atoms with E-state index in [1.165, 1.54) is 0 Å². The highest BCUT2D eigenvalue weighted by molar-refractivity contribution is 6.07. The minimum absolute atomic E-state index is 0.219. The van der Waals surface area contributed by atoms with Crippen molar-refractivity contribution < 1.29 is 4.42 Å². The first-order chi connectivity index (χ1) is 11.3. The highest BCUT2D eigenvalue weighted by atomic mass is 16.3. The predicted molar refractivity (Wildman–Crippen MR) is 88.4 cm³/mol. The summed E-state index contributed by atoms with van der Waals surface area (Å²) < 4.78 is 7.94. The summed E-state index contributed by atoms with van der Waals surface area (Å²) >= 11 is 0. The van der Waals surface area contributed by atoms with Crippen LogP contribution in [0.15, 0.2) is 59.4 Å². The Hall–Kier alpha value is -3.41. The van der Waals surface area contributed by atoms with Crippen LogP contribution in [0.25, 0.3) is 38.8 Å². The quantitative estimate of drug-likeness (QED) is 0.513. The van der Waals surface area contributed by atoms with E-state index in [1.54, 1.807) is 12.5 Å². The van der Waals surface area contributed by atoms with Crippen molar-refractivity contribution in [2.24, 2.45) is 0 Å². The van der Waals surface area contributed by atoms with E-state index in [1.807, 2.05) is 41.0 Å². The number of para-hydroxylation sites is 2. The number of nitrogens with two attached hydrogens (primary N) is 1. The van der Waals surface area contributed by atoms with Crippen LogP contribution in [-0.2, 0) is 0 Å². The Kier molecular flexibility index (Phi) is 2.27. The first-order valence-corrected chi connectivity index (χ1v) is 7.17. The summed E-state index contributed by atoms with van der Waals surface area (Å²) in [6.07, 6.45) is 3.33. The molecule has 6 nitrogen and oxygen atoms in total. The third-order valence-electron chi connectivity index (χ3n) is 3.95. The summed E-state index contributed by atoms with van der Waals surface area (Å²) in [6, 6.07) is 14.0. The molecule has 6 heteroatoms. The molecule has 0 fully saturated rings. The summed E-state index contributed by atoms with van der Waals surface area (Å²) in [6.45, 7) is 0. The molecule has 3 heterocycles. The lowest BCUT2D eigenvalue weighted by Crippen LogP contribution is -1.98. The lowest BCUT2D eigenvalue weighted by Gasteiger charge is -2.04. The molecule has 0 aliphatic rings. The van der Waals surface area contributed by atoms with Gasteiger partial charge in [-0.1, -0.05) is 30.3 Å². The Morgan fingerprint density at radius 1 is 0.957 bits per heavy atom. The molecule has 0 bridgehead atoms. The fraction of sp³-hybridized carbons (Fsp3) is 0. The van der Waals surface area contributed by atoms with Crippen LogP contribution in [0.5, 0.6) is 0 Å². The third kappa shape index (κ3) is 1.66. The van der Waals surface area contributed by atoms with Crippen LogP contribution in [0.3, 0.4) is 0 Å². The van der Waals surface area contributed by atoms with Gasteiger partial charge in [0.25, 0.3) is 0 Å². The number of aromatic nitrogens is 4. The van der Waals surface area contributed by atoms with Gasteiger partial charge in [0.15, 0.2) is 11.2 Å². The van der Waals surface area contributed by atoms with Gasteiger partial charge in [0, 0.05) is 10.8 Å². The molecule has 0 aliphatic carbocycles. The fourth-order valence-corrected chi connectivity index (χ4v) is 2.92. The van der Waals surface area contributed by atoms with Crippen LogP contribution in [0.2, 0.25) is 0 Å². The van der Waals surface area contributed by atoms with Crippen LogP contribution < -0.4 is 5.73 Å². The molecule has 2 N–H and O–H groups in total. The molecule has 0 atom stereocenters. The number of hydrogen-bond donors (Lipinski definition) is 1. The van der Waals surface area contributed by atoms with Crippen LogP contribution in [0.1, 0.15) is 0 Å². The monoisotopic (exact) mass is 301 g/mol. The lowest BCUT2D eigenvalue weighted by molar-refractivity contribution is 0.665. The number of furan rings is 1. The molecule has 23 heavy (non-hydrogen) atoms. The number of hydrogen-bond acceptors (Lipinski definition) is 5. The van der Waals surface area contributed by atoms with Crippen molar-refractivity contribution >= 4 is 39.1 Å². The molecule has 110 valence electrons. The van der Waals surface area contributed by atoms with Crippen LogP contribution in [0.4, 0.5) is 5.95 Å². The highest BCUT2D eigenvalue weighted by Crippen LogP contribution is 2.33. The Morgan fingerprint density at radius 3 is 2.78 bits per heavy atom. The molecule has 0 spiro atoms. The topological polar surface area (TPSA) is 82.8 Å². The minimum atomic E-state index is 0.219. The normalized spacial score (nSPS) is 11.7. The first-order valence-electron chi connectivity index (χ1n) is 7.17. The number of nitrogens with zero attached hydrogens (tertiary/aromatic N) is 4. The molecule has 2 aromatic carbocycles. The zero-order valence-corrected chi connectivity index (χ0v) is 12.0. The van der Waals surface area contributed by atoms with Crippen molar-refractivity contribution in [3.8, 4) is 5.69 Å². The molecular formula is C17H11N5O. The Morgan fingerprint density at radius 2 is 1.83 bits per heavy atom. The van der Waals surface area contributed by atoms with Gasteiger partial charge < -0.3 is 10.2 Å². The number of rotatable bonds is 1. The van der Waals surface area contributed by atoms with Crippen molar-refractivity contribution in [2.75, 3.05) is 5.73 Å². The van der Waals surface area contributed by atoms with E-state index < -0.39 is 0 Å². The number of benzene rings is 2. The largest absolute Gasteiger partial charge is 0.454 e. The summed E-state index contributed by atoms with van der Waals surface area (Å²) in [5.74, 6) is 0.219. The van der Waals surface area contributed by atoms with Crippen molar-refractivity contribution in [2.45, 2.75) is 0 Å². The third-order valence-corrected chi connectivity index (χ3v) is 3.95.